The monoisotopic (exact) mass is 493 g/mol. The maximum Gasteiger partial charge on any atom is 0.436 e. The van der Waals surface area contributed by atoms with Crippen LogP contribution in [0.4, 0.5) is 19.0 Å². The number of amides is 1. The summed E-state index contributed by atoms with van der Waals surface area (Å²) in [4.78, 5) is 12.3. The number of hydrogen-bond acceptors (Lipinski definition) is 3. The second-order valence-corrected chi connectivity index (χ2v) is 7.99. The van der Waals surface area contributed by atoms with Gasteiger partial charge in [0.25, 0.3) is 0 Å². The molecule has 0 unspecified atom stereocenters. The quantitative estimate of drug-likeness (QED) is 0.474. The molecule has 1 amide bonds. The number of carbonyl (C=O) groups is 1. The molecule has 0 fully saturated rings. The minimum Gasteiger partial charge on any atom is -0.309 e. The molecule has 0 saturated carbocycles. The minimum absolute atomic E-state index is 0.0671. The summed E-state index contributed by atoms with van der Waals surface area (Å²) in [5.74, 6) is -0.128. The summed E-state index contributed by atoms with van der Waals surface area (Å²) in [5, 5.41) is 11.0. The lowest BCUT2D eigenvalue weighted by Gasteiger charge is -2.08. The van der Waals surface area contributed by atoms with Crippen molar-refractivity contribution in [1.82, 2.24) is 19.6 Å². The largest absolute Gasteiger partial charge is 0.436 e. The summed E-state index contributed by atoms with van der Waals surface area (Å²) < 4.78 is 41.4. The van der Waals surface area contributed by atoms with E-state index in [1.165, 1.54) is 6.92 Å². The van der Waals surface area contributed by atoms with Gasteiger partial charge in [-0.05, 0) is 26.0 Å². The lowest BCUT2D eigenvalue weighted by Crippen LogP contribution is -2.16. The third-order valence-electron chi connectivity index (χ3n) is 4.57. The molecular formula is C19H17Cl3F3N5O. The Morgan fingerprint density at radius 2 is 1.74 bits per heavy atom. The highest BCUT2D eigenvalue weighted by molar-refractivity contribution is 6.36. The predicted molar refractivity (Wildman–Crippen MR) is 113 cm³/mol. The molecule has 1 N–H and O–H groups in total. The summed E-state index contributed by atoms with van der Waals surface area (Å²) in [6.45, 7) is 3.46. The fraction of sp³-hybridized carbons (Fsp3) is 0.316. The van der Waals surface area contributed by atoms with Gasteiger partial charge in [-0.25, -0.2) is 0 Å². The van der Waals surface area contributed by atoms with E-state index in [1.54, 1.807) is 35.9 Å². The first-order chi connectivity index (χ1) is 14.5. The van der Waals surface area contributed by atoms with Crippen molar-refractivity contribution in [3.8, 4) is 0 Å². The van der Waals surface area contributed by atoms with Crippen LogP contribution in [0.25, 0.3) is 0 Å². The molecule has 0 atom stereocenters. The fourth-order valence-electron chi connectivity index (χ4n) is 2.90. The Kier molecular flexibility index (Phi) is 6.88. The van der Waals surface area contributed by atoms with Gasteiger partial charge in [0.1, 0.15) is 0 Å². The van der Waals surface area contributed by atoms with Crippen molar-refractivity contribution in [3.63, 3.8) is 0 Å². The summed E-state index contributed by atoms with van der Waals surface area (Å²) in [6.07, 6.45) is -4.78. The maximum absolute atomic E-state index is 12.9. The van der Waals surface area contributed by atoms with Crippen molar-refractivity contribution in [3.05, 3.63) is 62.0 Å². The zero-order valence-electron chi connectivity index (χ0n) is 16.4. The van der Waals surface area contributed by atoms with Gasteiger partial charge in [-0.3, -0.25) is 14.2 Å². The van der Waals surface area contributed by atoms with Gasteiger partial charge in [0.05, 0.1) is 23.8 Å². The van der Waals surface area contributed by atoms with Crippen LogP contribution in [0.15, 0.2) is 24.3 Å². The highest BCUT2D eigenvalue weighted by atomic mass is 35.5. The number of nitrogens with one attached hydrogen (secondary N) is 1. The van der Waals surface area contributed by atoms with E-state index < -0.39 is 22.8 Å². The Morgan fingerprint density at radius 1 is 1.10 bits per heavy atom. The van der Waals surface area contributed by atoms with Gasteiger partial charge in [-0.15, -0.1) is 0 Å². The van der Waals surface area contributed by atoms with E-state index in [0.717, 1.165) is 10.4 Å². The smallest absolute Gasteiger partial charge is 0.309 e. The molecule has 0 spiro atoms. The molecule has 12 heteroatoms. The van der Waals surface area contributed by atoms with Crippen molar-refractivity contribution in [2.75, 3.05) is 5.32 Å². The molecule has 0 saturated heterocycles. The molecule has 1 aromatic carbocycles. The predicted octanol–water partition coefficient (Wildman–Crippen LogP) is 5.75. The van der Waals surface area contributed by atoms with Crippen LogP contribution >= 0.6 is 34.8 Å². The van der Waals surface area contributed by atoms with E-state index in [1.807, 2.05) is 0 Å². The number of nitrogens with zero attached hydrogens (tertiary/aromatic N) is 4. The molecule has 6 nitrogen and oxygen atoms in total. The molecule has 0 aliphatic heterocycles. The van der Waals surface area contributed by atoms with Crippen molar-refractivity contribution >= 4 is 46.5 Å². The third kappa shape index (κ3) is 5.34. The molecule has 0 bridgehead atoms. The summed E-state index contributed by atoms with van der Waals surface area (Å²) in [5.41, 5.74) is 0.426. The molecule has 0 aliphatic carbocycles. The number of aromatic nitrogens is 4. The van der Waals surface area contributed by atoms with Gasteiger partial charge in [-0.2, -0.15) is 23.4 Å². The molecule has 2 aromatic heterocycles. The second-order valence-electron chi connectivity index (χ2n) is 6.80. The zero-order valence-corrected chi connectivity index (χ0v) is 18.7. The van der Waals surface area contributed by atoms with E-state index in [0.29, 0.717) is 28.0 Å². The van der Waals surface area contributed by atoms with Gasteiger partial charge in [-0.1, -0.05) is 40.9 Å². The van der Waals surface area contributed by atoms with Crippen LogP contribution in [0.1, 0.15) is 29.1 Å². The molecule has 0 aliphatic rings. The van der Waals surface area contributed by atoms with Crippen molar-refractivity contribution in [2.45, 2.75) is 39.5 Å². The molecule has 166 valence electrons. The molecular weight excluding hydrogens is 478 g/mol. The summed E-state index contributed by atoms with van der Waals surface area (Å²) in [6, 6.07) is 6.85. The van der Waals surface area contributed by atoms with E-state index in [4.69, 9.17) is 34.8 Å². The third-order valence-corrected chi connectivity index (χ3v) is 5.73. The molecule has 3 rings (SSSR count). The van der Waals surface area contributed by atoms with Crippen molar-refractivity contribution in [2.24, 2.45) is 0 Å². The second kappa shape index (κ2) is 9.10. The van der Waals surface area contributed by atoms with Crippen LogP contribution in [-0.2, 0) is 24.1 Å². The Balaban J connectivity index is 1.65. The average Bonchev–Trinajstić information content (AvgIpc) is 3.16. The number of aryl methyl sites for hydroxylation is 2. The first kappa shape index (κ1) is 23.4. The average molecular weight is 495 g/mol. The van der Waals surface area contributed by atoms with Crippen molar-refractivity contribution in [1.29, 1.82) is 0 Å². The van der Waals surface area contributed by atoms with Crippen LogP contribution in [0.2, 0.25) is 15.1 Å². The summed E-state index contributed by atoms with van der Waals surface area (Å²) in [7, 11) is 0. The Bertz CT molecular complexity index is 1100. The number of benzene rings is 1. The highest BCUT2D eigenvalue weighted by Gasteiger charge is 2.38. The first-order valence-electron chi connectivity index (χ1n) is 9.04. The Morgan fingerprint density at radius 3 is 2.32 bits per heavy atom. The SMILES string of the molecule is Cc1cc(NC(=O)CCn2nc(C(F)(F)F)c(Cl)c2C)nn1Cc1c(Cl)cccc1Cl. The zero-order chi connectivity index (χ0) is 22.9. The van der Waals surface area contributed by atoms with Crippen LogP contribution in [0.5, 0.6) is 0 Å². The number of carbonyl (C=O) groups excluding carboxylic acids is 1. The number of hydrogen-bond donors (Lipinski definition) is 1. The van der Waals surface area contributed by atoms with Gasteiger partial charge < -0.3 is 5.32 Å². The minimum atomic E-state index is -4.66. The van der Waals surface area contributed by atoms with Gasteiger partial charge >= 0.3 is 6.18 Å². The van der Waals surface area contributed by atoms with Gasteiger partial charge in [0.2, 0.25) is 5.91 Å². The Hall–Kier alpha value is -2.23. The lowest BCUT2D eigenvalue weighted by molar-refractivity contribution is -0.141. The Labute approximate surface area is 190 Å². The van der Waals surface area contributed by atoms with Gasteiger partial charge in [0.15, 0.2) is 11.5 Å². The topological polar surface area (TPSA) is 64.7 Å². The van der Waals surface area contributed by atoms with E-state index in [-0.39, 0.29) is 18.7 Å². The normalized spacial score (nSPS) is 11.7. The van der Waals surface area contributed by atoms with Crippen molar-refractivity contribution < 1.29 is 18.0 Å². The number of alkyl halides is 3. The lowest BCUT2D eigenvalue weighted by atomic mass is 10.2. The number of anilines is 1. The first-order valence-corrected chi connectivity index (χ1v) is 10.2. The van der Waals surface area contributed by atoms with E-state index in [2.05, 4.69) is 15.5 Å². The van der Waals surface area contributed by atoms with E-state index >= 15 is 0 Å². The van der Waals surface area contributed by atoms with Crippen LogP contribution in [0.3, 0.4) is 0 Å². The van der Waals surface area contributed by atoms with E-state index in [9.17, 15) is 18.0 Å². The molecule has 3 aromatic rings. The molecule has 0 radical (unpaired) electrons. The number of halogens is 6. The van der Waals surface area contributed by atoms with Crippen LogP contribution < -0.4 is 5.32 Å². The van der Waals surface area contributed by atoms with Crippen LogP contribution in [-0.4, -0.2) is 25.5 Å². The van der Waals surface area contributed by atoms with Crippen LogP contribution in [0, 0.1) is 13.8 Å². The maximum atomic E-state index is 12.9. The fourth-order valence-corrected chi connectivity index (χ4v) is 3.66. The van der Waals surface area contributed by atoms with Gasteiger partial charge in [0, 0.05) is 33.8 Å². The summed E-state index contributed by atoms with van der Waals surface area (Å²) >= 11 is 18.1. The standard InChI is InChI=1S/C19H17Cl3F3N5O/c1-10-8-15(27-30(10)9-12-13(20)4-3-5-14(12)21)26-16(31)6-7-29-11(2)17(22)18(28-29)19(23,24)25/h3-5,8H,6-7,9H2,1-2H3,(H,26,27,31). The molecule has 31 heavy (non-hydrogen) atoms. The molecule has 2 heterocycles. The highest BCUT2D eigenvalue weighted by Crippen LogP contribution is 2.35. The number of rotatable bonds is 6.